The highest BCUT2D eigenvalue weighted by Crippen LogP contribution is 2.23. The third-order valence-corrected chi connectivity index (χ3v) is 6.47. The standard InChI is InChI=1S/C24H26FN5O2S/c25-20-14-8-7-13-19(20)23(32)26-15-21-28-29-24(30(21)18-11-5-2-6-12-18)33-16-22(31)27-17-9-3-1-4-10-17/h2,5-8,11-14,17H,1,3-4,9-10,15-16H2,(H,26,32)(H,27,31). The van der Waals surface area contributed by atoms with Crippen molar-refractivity contribution in [1.82, 2.24) is 25.4 Å². The molecule has 2 amide bonds. The monoisotopic (exact) mass is 467 g/mol. The number of rotatable bonds is 8. The Hall–Kier alpha value is -3.20. The van der Waals surface area contributed by atoms with E-state index in [0.717, 1.165) is 31.4 Å². The fourth-order valence-corrected chi connectivity index (χ4v) is 4.67. The number of nitrogens with one attached hydrogen (secondary N) is 2. The summed E-state index contributed by atoms with van der Waals surface area (Å²) in [6.45, 7) is 0.0594. The number of carbonyl (C=O) groups excluding carboxylic acids is 2. The summed E-state index contributed by atoms with van der Waals surface area (Å²) in [5.74, 6) is -0.426. The largest absolute Gasteiger partial charge is 0.353 e. The van der Waals surface area contributed by atoms with E-state index in [1.165, 1.54) is 36.4 Å². The summed E-state index contributed by atoms with van der Waals surface area (Å²) in [6, 6.07) is 15.6. The molecule has 2 N–H and O–H groups in total. The first-order chi connectivity index (χ1) is 16.1. The number of halogens is 1. The zero-order chi connectivity index (χ0) is 23.0. The molecule has 2 aromatic carbocycles. The SMILES string of the molecule is O=C(CSc1nnc(CNC(=O)c2ccccc2F)n1-c1ccccc1)NC1CCCCC1. The Morgan fingerprint density at radius 3 is 2.48 bits per heavy atom. The van der Waals surface area contributed by atoms with E-state index >= 15 is 0 Å². The Balaban J connectivity index is 1.45. The van der Waals surface area contributed by atoms with Crippen LogP contribution in [0.3, 0.4) is 0 Å². The Labute approximate surface area is 196 Å². The van der Waals surface area contributed by atoms with E-state index in [9.17, 15) is 14.0 Å². The number of hydrogen-bond donors (Lipinski definition) is 2. The number of hydrogen-bond acceptors (Lipinski definition) is 5. The molecule has 1 fully saturated rings. The first-order valence-electron chi connectivity index (χ1n) is 11.1. The van der Waals surface area contributed by atoms with Gasteiger partial charge in [-0.3, -0.25) is 14.2 Å². The summed E-state index contributed by atoms with van der Waals surface area (Å²) < 4.78 is 15.7. The predicted molar refractivity (Wildman–Crippen MR) is 125 cm³/mol. The maximum absolute atomic E-state index is 13.9. The Morgan fingerprint density at radius 1 is 1.00 bits per heavy atom. The van der Waals surface area contributed by atoms with Gasteiger partial charge in [-0.2, -0.15) is 0 Å². The first kappa shape index (κ1) is 23.0. The number of benzene rings is 2. The third kappa shape index (κ3) is 5.98. The van der Waals surface area contributed by atoms with Gasteiger partial charge in [-0.1, -0.05) is 61.4 Å². The van der Waals surface area contributed by atoms with Crippen LogP contribution in [0.25, 0.3) is 5.69 Å². The lowest BCUT2D eigenvalue weighted by Crippen LogP contribution is -2.37. The molecule has 9 heteroatoms. The number of para-hydroxylation sites is 1. The van der Waals surface area contributed by atoms with E-state index in [2.05, 4.69) is 20.8 Å². The van der Waals surface area contributed by atoms with Crippen LogP contribution < -0.4 is 10.6 Å². The van der Waals surface area contributed by atoms with Crippen molar-refractivity contribution >= 4 is 23.6 Å². The average Bonchev–Trinajstić information content (AvgIpc) is 3.25. The van der Waals surface area contributed by atoms with E-state index in [0.29, 0.717) is 11.0 Å². The van der Waals surface area contributed by atoms with Crippen LogP contribution in [-0.4, -0.2) is 38.4 Å². The average molecular weight is 468 g/mol. The highest BCUT2D eigenvalue weighted by Gasteiger charge is 2.19. The molecule has 1 aliphatic carbocycles. The molecular formula is C24H26FN5O2S. The maximum Gasteiger partial charge on any atom is 0.254 e. The second kappa shape index (κ2) is 11.1. The lowest BCUT2D eigenvalue weighted by Gasteiger charge is -2.22. The smallest absolute Gasteiger partial charge is 0.254 e. The van der Waals surface area contributed by atoms with Gasteiger partial charge < -0.3 is 10.6 Å². The number of thioether (sulfide) groups is 1. The molecule has 1 aromatic heterocycles. The van der Waals surface area contributed by atoms with Crippen LogP contribution in [0.5, 0.6) is 0 Å². The Bertz CT molecular complexity index is 1100. The molecule has 1 aliphatic rings. The summed E-state index contributed by atoms with van der Waals surface area (Å²) >= 11 is 1.30. The third-order valence-electron chi connectivity index (χ3n) is 5.54. The highest BCUT2D eigenvalue weighted by atomic mass is 32.2. The molecule has 1 heterocycles. The number of nitrogens with zero attached hydrogens (tertiary/aromatic N) is 3. The van der Waals surface area contributed by atoms with Crippen LogP contribution in [0.15, 0.2) is 59.8 Å². The Morgan fingerprint density at radius 2 is 1.73 bits per heavy atom. The van der Waals surface area contributed by atoms with Crippen molar-refractivity contribution in [3.8, 4) is 5.69 Å². The fraction of sp³-hybridized carbons (Fsp3) is 0.333. The molecule has 0 atom stereocenters. The zero-order valence-electron chi connectivity index (χ0n) is 18.2. The lowest BCUT2D eigenvalue weighted by atomic mass is 9.95. The van der Waals surface area contributed by atoms with Gasteiger partial charge in [-0.15, -0.1) is 10.2 Å². The topological polar surface area (TPSA) is 88.9 Å². The van der Waals surface area contributed by atoms with Crippen molar-refractivity contribution in [3.63, 3.8) is 0 Å². The number of amides is 2. The zero-order valence-corrected chi connectivity index (χ0v) is 19.0. The van der Waals surface area contributed by atoms with Crippen molar-refractivity contribution in [2.24, 2.45) is 0 Å². The van der Waals surface area contributed by atoms with Gasteiger partial charge in [0.05, 0.1) is 17.9 Å². The van der Waals surface area contributed by atoms with E-state index in [1.54, 1.807) is 10.6 Å². The molecule has 0 unspecified atom stereocenters. The van der Waals surface area contributed by atoms with Crippen molar-refractivity contribution in [2.45, 2.75) is 49.8 Å². The molecule has 0 radical (unpaired) electrons. The van der Waals surface area contributed by atoms with E-state index in [-0.39, 0.29) is 29.8 Å². The maximum atomic E-state index is 13.9. The van der Waals surface area contributed by atoms with E-state index in [4.69, 9.17) is 0 Å². The van der Waals surface area contributed by atoms with Gasteiger partial charge in [-0.05, 0) is 37.1 Å². The van der Waals surface area contributed by atoms with Gasteiger partial charge in [-0.25, -0.2) is 4.39 Å². The van der Waals surface area contributed by atoms with Gasteiger partial charge >= 0.3 is 0 Å². The molecule has 3 aromatic rings. The molecular weight excluding hydrogens is 441 g/mol. The van der Waals surface area contributed by atoms with Crippen molar-refractivity contribution in [2.75, 3.05) is 5.75 Å². The molecule has 0 bridgehead atoms. The lowest BCUT2D eigenvalue weighted by molar-refractivity contribution is -0.119. The fourth-order valence-electron chi connectivity index (χ4n) is 3.89. The van der Waals surface area contributed by atoms with Crippen molar-refractivity contribution in [1.29, 1.82) is 0 Å². The van der Waals surface area contributed by atoms with Crippen LogP contribution in [0, 0.1) is 5.82 Å². The normalized spacial score (nSPS) is 14.1. The van der Waals surface area contributed by atoms with Crippen molar-refractivity contribution < 1.29 is 14.0 Å². The molecule has 172 valence electrons. The number of carbonyl (C=O) groups is 2. The van der Waals surface area contributed by atoms with Gasteiger partial charge in [0, 0.05) is 11.7 Å². The molecule has 0 aliphatic heterocycles. The van der Waals surface area contributed by atoms with E-state index < -0.39 is 11.7 Å². The molecule has 4 rings (SSSR count). The first-order valence-corrected chi connectivity index (χ1v) is 12.0. The minimum absolute atomic E-state index is 0.0242. The summed E-state index contributed by atoms with van der Waals surface area (Å²) in [5.41, 5.74) is 0.782. The van der Waals surface area contributed by atoms with Crippen LogP contribution >= 0.6 is 11.8 Å². The minimum atomic E-state index is -0.584. The molecule has 33 heavy (non-hydrogen) atoms. The molecule has 1 saturated carbocycles. The summed E-state index contributed by atoms with van der Waals surface area (Å²) in [5, 5.41) is 14.8. The van der Waals surface area contributed by atoms with Crippen LogP contribution in [0.4, 0.5) is 4.39 Å². The van der Waals surface area contributed by atoms with E-state index in [1.807, 2.05) is 30.3 Å². The number of aromatic nitrogens is 3. The Kier molecular flexibility index (Phi) is 7.72. The van der Waals surface area contributed by atoms with Crippen LogP contribution in [0.2, 0.25) is 0 Å². The van der Waals surface area contributed by atoms with Gasteiger partial charge in [0.25, 0.3) is 5.91 Å². The predicted octanol–water partition coefficient (Wildman–Crippen LogP) is 3.88. The van der Waals surface area contributed by atoms with Gasteiger partial charge in [0.15, 0.2) is 11.0 Å². The summed E-state index contributed by atoms with van der Waals surface area (Å²) in [7, 11) is 0. The second-order valence-corrected chi connectivity index (χ2v) is 8.87. The highest BCUT2D eigenvalue weighted by molar-refractivity contribution is 7.99. The summed E-state index contributed by atoms with van der Waals surface area (Å²) in [6.07, 6.45) is 5.60. The minimum Gasteiger partial charge on any atom is -0.353 e. The molecule has 7 nitrogen and oxygen atoms in total. The van der Waals surface area contributed by atoms with Gasteiger partial charge in [0.2, 0.25) is 5.91 Å². The van der Waals surface area contributed by atoms with Crippen molar-refractivity contribution in [3.05, 3.63) is 71.8 Å². The summed E-state index contributed by atoms with van der Waals surface area (Å²) in [4.78, 5) is 24.9. The molecule has 0 spiro atoms. The van der Waals surface area contributed by atoms with Gasteiger partial charge in [0.1, 0.15) is 5.82 Å². The second-order valence-electron chi connectivity index (χ2n) is 7.92. The van der Waals surface area contributed by atoms with Crippen LogP contribution in [-0.2, 0) is 11.3 Å². The molecule has 0 saturated heterocycles. The quantitative estimate of drug-likeness (QED) is 0.491. The van der Waals surface area contributed by atoms with Crippen LogP contribution in [0.1, 0.15) is 48.3 Å².